The van der Waals surface area contributed by atoms with Gasteiger partial charge in [0.15, 0.2) is 0 Å². The number of aliphatic hydroxyl groups is 1. The maximum Gasteiger partial charge on any atom is 0.136 e. The minimum atomic E-state index is -0.927. The predicted molar refractivity (Wildman–Crippen MR) is 80.7 cm³/mol. The summed E-state index contributed by atoms with van der Waals surface area (Å²) < 4.78 is 20.6. The third-order valence-corrected chi connectivity index (χ3v) is 4.32. The van der Waals surface area contributed by atoms with Crippen molar-refractivity contribution in [2.45, 2.75) is 26.9 Å². The van der Waals surface area contributed by atoms with Crippen LogP contribution in [0.25, 0.3) is 0 Å². The lowest BCUT2D eigenvalue weighted by Gasteiger charge is -2.15. The molecule has 0 aliphatic carbocycles. The normalized spacial score (nSPS) is 12.3. The van der Waals surface area contributed by atoms with Crippen LogP contribution >= 0.6 is 15.9 Å². The number of ether oxygens (including phenoxy) is 1. The summed E-state index contributed by atoms with van der Waals surface area (Å²) >= 11 is 3.49. The zero-order valence-corrected chi connectivity index (χ0v) is 13.2. The first-order valence-electron chi connectivity index (χ1n) is 6.31. The fraction of sp³-hybridized carbons (Fsp3) is 0.250. The van der Waals surface area contributed by atoms with Crippen LogP contribution in [-0.4, -0.2) is 5.11 Å². The molecule has 1 unspecified atom stereocenters. The number of hydrogen-bond donors (Lipinski definition) is 1. The Kier molecular flexibility index (Phi) is 4.45. The van der Waals surface area contributed by atoms with Crippen molar-refractivity contribution >= 4 is 15.9 Å². The Morgan fingerprint density at radius 3 is 2.35 bits per heavy atom. The van der Waals surface area contributed by atoms with Crippen LogP contribution in [0.3, 0.4) is 0 Å². The number of benzene rings is 2. The number of rotatable bonds is 3. The Morgan fingerprint density at radius 1 is 1.20 bits per heavy atom. The van der Waals surface area contributed by atoms with E-state index < -0.39 is 11.9 Å². The van der Waals surface area contributed by atoms with Gasteiger partial charge in [-0.1, -0.05) is 22.0 Å². The Hall–Kier alpha value is -1.39. The van der Waals surface area contributed by atoms with Crippen molar-refractivity contribution in [2.75, 3.05) is 0 Å². The summed E-state index contributed by atoms with van der Waals surface area (Å²) in [6.45, 7) is 5.44. The highest BCUT2D eigenvalue weighted by Gasteiger charge is 2.15. The molecule has 0 saturated carbocycles. The van der Waals surface area contributed by atoms with Gasteiger partial charge in [-0.15, -0.1) is 0 Å². The molecule has 2 aromatic carbocycles. The summed E-state index contributed by atoms with van der Waals surface area (Å²) in [4.78, 5) is 0. The van der Waals surface area contributed by atoms with Crippen molar-refractivity contribution in [2.24, 2.45) is 0 Å². The topological polar surface area (TPSA) is 29.5 Å². The van der Waals surface area contributed by atoms with Gasteiger partial charge in [0.1, 0.15) is 17.3 Å². The summed E-state index contributed by atoms with van der Waals surface area (Å²) in [5.41, 5.74) is 2.25. The molecule has 0 heterocycles. The maximum atomic E-state index is 13.8. The second-order valence-electron chi connectivity index (χ2n) is 4.80. The molecule has 0 amide bonds. The van der Waals surface area contributed by atoms with Crippen LogP contribution in [0.2, 0.25) is 0 Å². The molecule has 0 saturated heterocycles. The number of halogens is 2. The smallest absolute Gasteiger partial charge is 0.136 e. The molecular formula is C16H16BrFO2. The molecule has 0 aromatic heterocycles. The largest absolute Gasteiger partial charge is 0.457 e. The molecule has 0 spiro atoms. The average Bonchev–Trinajstić information content (AvgIpc) is 2.35. The molecule has 1 N–H and O–H groups in total. The predicted octanol–water partition coefficient (Wildman–Crippen LogP) is 5.05. The first-order valence-corrected chi connectivity index (χ1v) is 7.10. The van der Waals surface area contributed by atoms with Gasteiger partial charge in [0.05, 0.1) is 11.7 Å². The Bertz CT molecular complexity index is 615. The Morgan fingerprint density at radius 2 is 1.80 bits per heavy atom. The summed E-state index contributed by atoms with van der Waals surface area (Å²) in [6, 6.07) is 8.27. The highest BCUT2D eigenvalue weighted by atomic mass is 79.9. The van der Waals surface area contributed by atoms with Crippen molar-refractivity contribution in [3.05, 3.63) is 57.3 Å². The van der Waals surface area contributed by atoms with Crippen molar-refractivity contribution in [3.8, 4) is 11.5 Å². The third kappa shape index (κ3) is 3.02. The van der Waals surface area contributed by atoms with Gasteiger partial charge in [-0.2, -0.15) is 0 Å². The second-order valence-corrected chi connectivity index (χ2v) is 5.59. The molecule has 0 radical (unpaired) electrons. The van der Waals surface area contributed by atoms with Gasteiger partial charge in [-0.05, 0) is 56.2 Å². The highest BCUT2D eigenvalue weighted by molar-refractivity contribution is 9.10. The third-order valence-electron chi connectivity index (χ3n) is 3.07. The van der Waals surface area contributed by atoms with E-state index in [0.717, 1.165) is 15.6 Å². The van der Waals surface area contributed by atoms with E-state index in [1.54, 1.807) is 12.1 Å². The second kappa shape index (κ2) is 5.94. The van der Waals surface area contributed by atoms with Crippen LogP contribution in [0.5, 0.6) is 11.5 Å². The fourth-order valence-corrected chi connectivity index (χ4v) is 2.33. The van der Waals surface area contributed by atoms with Gasteiger partial charge in [-0.25, -0.2) is 4.39 Å². The van der Waals surface area contributed by atoms with Crippen LogP contribution in [-0.2, 0) is 0 Å². The summed E-state index contributed by atoms with van der Waals surface area (Å²) in [7, 11) is 0. The van der Waals surface area contributed by atoms with Gasteiger partial charge in [0.25, 0.3) is 0 Å². The summed E-state index contributed by atoms with van der Waals surface area (Å²) in [6.07, 6.45) is -0.927. The highest BCUT2D eigenvalue weighted by Crippen LogP contribution is 2.34. The Labute approximate surface area is 126 Å². The lowest BCUT2D eigenvalue weighted by Crippen LogP contribution is -2.00. The minimum Gasteiger partial charge on any atom is -0.457 e. The van der Waals surface area contributed by atoms with Crippen LogP contribution in [0, 0.1) is 19.7 Å². The standard InChI is InChI=1S/C16H16BrFO2/c1-9-7-12(8-10(2)16(9)17)20-14-6-4-5-13(18)15(14)11(3)19/h4-8,11,19H,1-3H3. The van der Waals surface area contributed by atoms with E-state index in [1.165, 1.54) is 13.0 Å². The molecule has 2 rings (SSSR count). The van der Waals surface area contributed by atoms with Gasteiger partial charge in [-0.3, -0.25) is 0 Å². The van der Waals surface area contributed by atoms with Crippen molar-refractivity contribution < 1.29 is 14.2 Å². The van der Waals surface area contributed by atoms with Gasteiger partial charge >= 0.3 is 0 Å². The monoisotopic (exact) mass is 338 g/mol. The minimum absolute atomic E-state index is 0.172. The van der Waals surface area contributed by atoms with E-state index >= 15 is 0 Å². The average molecular weight is 339 g/mol. The van der Waals surface area contributed by atoms with Crippen molar-refractivity contribution in [1.29, 1.82) is 0 Å². The Balaban J connectivity index is 2.43. The quantitative estimate of drug-likeness (QED) is 0.848. The van der Waals surface area contributed by atoms with E-state index in [1.807, 2.05) is 26.0 Å². The first-order chi connectivity index (χ1) is 9.40. The number of aliphatic hydroxyl groups excluding tert-OH is 1. The molecule has 106 valence electrons. The van der Waals surface area contributed by atoms with Crippen molar-refractivity contribution in [3.63, 3.8) is 0 Å². The molecular weight excluding hydrogens is 323 g/mol. The molecule has 20 heavy (non-hydrogen) atoms. The van der Waals surface area contributed by atoms with Crippen LogP contribution in [0.15, 0.2) is 34.8 Å². The van der Waals surface area contributed by atoms with Gasteiger partial charge in [0.2, 0.25) is 0 Å². The maximum absolute atomic E-state index is 13.8. The van der Waals surface area contributed by atoms with E-state index in [2.05, 4.69) is 15.9 Å². The van der Waals surface area contributed by atoms with E-state index in [9.17, 15) is 9.50 Å². The lowest BCUT2D eigenvalue weighted by atomic mass is 10.1. The van der Waals surface area contributed by atoms with Crippen LogP contribution < -0.4 is 4.74 Å². The molecule has 0 fully saturated rings. The zero-order chi connectivity index (χ0) is 14.9. The molecule has 1 atom stereocenters. The number of hydrogen-bond acceptors (Lipinski definition) is 2. The number of aryl methyl sites for hydroxylation is 2. The van der Waals surface area contributed by atoms with Gasteiger partial charge < -0.3 is 9.84 Å². The van der Waals surface area contributed by atoms with E-state index in [0.29, 0.717) is 11.5 Å². The summed E-state index contributed by atoms with van der Waals surface area (Å²) in [5.74, 6) is 0.486. The summed E-state index contributed by atoms with van der Waals surface area (Å²) in [5, 5.41) is 9.69. The van der Waals surface area contributed by atoms with E-state index in [-0.39, 0.29) is 5.56 Å². The lowest BCUT2D eigenvalue weighted by molar-refractivity contribution is 0.190. The molecule has 4 heteroatoms. The van der Waals surface area contributed by atoms with Gasteiger partial charge in [0, 0.05) is 4.47 Å². The van der Waals surface area contributed by atoms with Crippen LogP contribution in [0.4, 0.5) is 4.39 Å². The van der Waals surface area contributed by atoms with Crippen LogP contribution in [0.1, 0.15) is 29.7 Å². The molecule has 0 aliphatic heterocycles. The van der Waals surface area contributed by atoms with Crippen molar-refractivity contribution in [1.82, 2.24) is 0 Å². The first kappa shape index (κ1) is 15.0. The zero-order valence-electron chi connectivity index (χ0n) is 11.6. The molecule has 2 aromatic rings. The molecule has 0 bridgehead atoms. The molecule has 0 aliphatic rings. The van der Waals surface area contributed by atoms with E-state index in [4.69, 9.17) is 4.74 Å². The molecule has 2 nitrogen and oxygen atoms in total. The fourth-order valence-electron chi connectivity index (χ4n) is 2.10. The SMILES string of the molecule is Cc1cc(Oc2cccc(F)c2C(C)O)cc(C)c1Br.